The second-order valence-corrected chi connectivity index (χ2v) is 2.79. The Balaban J connectivity index is 2.36. The third-order valence-electron chi connectivity index (χ3n) is 1.52. The van der Waals surface area contributed by atoms with Crippen LogP contribution in [0.3, 0.4) is 0 Å². The van der Waals surface area contributed by atoms with Gasteiger partial charge in [-0.1, -0.05) is 0 Å². The number of aromatic amines is 1. The van der Waals surface area contributed by atoms with Crippen LogP contribution >= 0.6 is 0 Å². The fourth-order valence-electron chi connectivity index (χ4n) is 1.06. The maximum Gasteiger partial charge on any atom is 0.317 e. The average molecular weight is 168 g/mol. The zero-order valence-corrected chi connectivity index (χ0v) is 6.95. The Hall–Kier alpha value is -1.29. The predicted molar refractivity (Wildman–Crippen MR) is 44.8 cm³/mol. The standard InChI is InChI=1S/C8H12N2O2/c1-10(6-8(11)12)5-7-2-3-9-4-7/h2-4,9H,5-6H2,1H3,(H,11,12). The van der Waals surface area contributed by atoms with Gasteiger partial charge in [0.2, 0.25) is 0 Å². The summed E-state index contributed by atoms with van der Waals surface area (Å²) in [4.78, 5) is 14.9. The first kappa shape index (κ1) is 8.80. The number of carboxylic acid groups (broad SMARTS) is 1. The Labute approximate surface area is 70.8 Å². The molecule has 0 atom stereocenters. The number of hydrogen-bond acceptors (Lipinski definition) is 2. The number of nitrogens with one attached hydrogen (secondary N) is 1. The first-order valence-electron chi connectivity index (χ1n) is 3.70. The summed E-state index contributed by atoms with van der Waals surface area (Å²) >= 11 is 0. The van der Waals surface area contributed by atoms with E-state index >= 15 is 0 Å². The molecular formula is C8H12N2O2. The van der Waals surface area contributed by atoms with E-state index in [-0.39, 0.29) is 6.54 Å². The molecule has 0 saturated heterocycles. The van der Waals surface area contributed by atoms with E-state index in [1.807, 2.05) is 18.5 Å². The number of carboxylic acids is 1. The van der Waals surface area contributed by atoms with Crippen LogP contribution in [0.2, 0.25) is 0 Å². The Morgan fingerprint density at radius 1 is 1.75 bits per heavy atom. The van der Waals surface area contributed by atoms with Crippen molar-refractivity contribution < 1.29 is 9.90 Å². The predicted octanol–water partition coefficient (Wildman–Crippen LogP) is 0.531. The molecule has 0 spiro atoms. The smallest absolute Gasteiger partial charge is 0.317 e. The summed E-state index contributed by atoms with van der Waals surface area (Å²) < 4.78 is 0. The van der Waals surface area contributed by atoms with Crippen LogP contribution in [0.25, 0.3) is 0 Å². The van der Waals surface area contributed by atoms with Crippen LogP contribution in [0.1, 0.15) is 5.56 Å². The van der Waals surface area contributed by atoms with Gasteiger partial charge in [0, 0.05) is 18.9 Å². The fourth-order valence-corrected chi connectivity index (χ4v) is 1.06. The Morgan fingerprint density at radius 3 is 3.00 bits per heavy atom. The summed E-state index contributed by atoms with van der Waals surface area (Å²) in [5.74, 6) is -0.798. The summed E-state index contributed by atoms with van der Waals surface area (Å²) in [7, 11) is 1.78. The van der Waals surface area contributed by atoms with Gasteiger partial charge >= 0.3 is 5.97 Å². The third kappa shape index (κ3) is 2.75. The van der Waals surface area contributed by atoms with E-state index < -0.39 is 5.97 Å². The summed E-state index contributed by atoms with van der Waals surface area (Å²) in [6.45, 7) is 0.737. The number of nitrogens with zero attached hydrogens (tertiary/aromatic N) is 1. The maximum absolute atomic E-state index is 10.3. The van der Waals surface area contributed by atoms with Gasteiger partial charge in [-0.05, 0) is 18.7 Å². The lowest BCUT2D eigenvalue weighted by Crippen LogP contribution is -2.24. The van der Waals surface area contributed by atoms with Crippen LogP contribution < -0.4 is 0 Å². The average Bonchev–Trinajstić information content (AvgIpc) is 2.37. The second kappa shape index (κ2) is 3.92. The van der Waals surface area contributed by atoms with Crippen LogP contribution in [0.4, 0.5) is 0 Å². The van der Waals surface area contributed by atoms with Crippen molar-refractivity contribution in [2.45, 2.75) is 6.54 Å². The first-order chi connectivity index (χ1) is 5.68. The Morgan fingerprint density at radius 2 is 2.50 bits per heavy atom. The molecule has 4 nitrogen and oxygen atoms in total. The van der Waals surface area contributed by atoms with E-state index in [4.69, 9.17) is 5.11 Å². The zero-order chi connectivity index (χ0) is 8.97. The molecule has 4 heteroatoms. The number of carbonyl (C=O) groups is 1. The van der Waals surface area contributed by atoms with Crippen LogP contribution in [0.15, 0.2) is 18.5 Å². The van der Waals surface area contributed by atoms with Gasteiger partial charge in [-0.15, -0.1) is 0 Å². The van der Waals surface area contributed by atoms with E-state index in [0.717, 1.165) is 5.56 Å². The maximum atomic E-state index is 10.3. The molecule has 1 heterocycles. The molecule has 1 aromatic heterocycles. The second-order valence-electron chi connectivity index (χ2n) is 2.79. The molecule has 1 aromatic rings. The first-order valence-corrected chi connectivity index (χ1v) is 3.70. The van der Waals surface area contributed by atoms with Gasteiger partial charge in [0.1, 0.15) is 0 Å². The molecule has 0 bridgehead atoms. The number of hydrogen-bond donors (Lipinski definition) is 2. The molecule has 66 valence electrons. The van der Waals surface area contributed by atoms with E-state index in [9.17, 15) is 4.79 Å². The fraction of sp³-hybridized carbons (Fsp3) is 0.375. The third-order valence-corrected chi connectivity index (χ3v) is 1.52. The molecule has 1 rings (SSSR count). The minimum atomic E-state index is -0.798. The molecule has 0 aromatic carbocycles. The van der Waals surface area contributed by atoms with E-state index in [1.54, 1.807) is 11.9 Å². The lowest BCUT2D eigenvalue weighted by molar-refractivity contribution is -0.138. The lowest BCUT2D eigenvalue weighted by atomic mass is 10.3. The van der Waals surface area contributed by atoms with Crippen molar-refractivity contribution in [2.24, 2.45) is 0 Å². The number of aromatic nitrogens is 1. The van der Waals surface area contributed by atoms with Gasteiger partial charge in [0.05, 0.1) is 6.54 Å². The molecule has 0 fully saturated rings. The molecular weight excluding hydrogens is 156 g/mol. The Bertz CT molecular complexity index is 244. The van der Waals surface area contributed by atoms with E-state index in [0.29, 0.717) is 6.54 Å². The van der Waals surface area contributed by atoms with Gasteiger partial charge in [0.25, 0.3) is 0 Å². The zero-order valence-electron chi connectivity index (χ0n) is 6.95. The molecule has 12 heavy (non-hydrogen) atoms. The quantitative estimate of drug-likeness (QED) is 0.689. The van der Waals surface area contributed by atoms with Gasteiger partial charge in [-0.3, -0.25) is 9.69 Å². The minimum Gasteiger partial charge on any atom is -0.480 e. The lowest BCUT2D eigenvalue weighted by Gasteiger charge is -2.11. The van der Waals surface area contributed by atoms with E-state index in [1.165, 1.54) is 0 Å². The van der Waals surface area contributed by atoms with Crippen molar-refractivity contribution in [2.75, 3.05) is 13.6 Å². The summed E-state index contributed by atoms with van der Waals surface area (Å²) in [5.41, 5.74) is 1.10. The van der Waals surface area contributed by atoms with Gasteiger partial charge in [-0.25, -0.2) is 0 Å². The number of rotatable bonds is 4. The molecule has 0 aliphatic carbocycles. The Kier molecular flexibility index (Phi) is 2.88. The molecule has 0 aliphatic rings. The van der Waals surface area contributed by atoms with Gasteiger partial charge in [-0.2, -0.15) is 0 Å². The molecule has 0 unspecified atom stereocenters. The topological polar surface area (TPSA) is 56.3 Å². The highest BCUT2D eigenvalue weighted by Gasteiger charge is 2.04. The monoisotopic (exact) mass is 168 g/mol. The summed E-state index contributed by atoms with van der Waals surface area (Å²) in [6, 6.07) is 1.93. The molecule has 0 aliphatic heterocycles. The largest absolute Gasteiger partial charge is 0.480 e. The SMILES string of the molecule is CN(CC(=O)O)Cc1cc[nH]c1. The highest BCUT2D eigenvalue weighted by atomic mass is 16.4. The van der Waals surface area contributed by atoms with Crippen LogP contribution in [0.5, 0.6) is 0 Å². The molecule has 0 amide bonds. The highest BCUT2D eigenvalue weighted by Crippen LogP contribution is 2.00. The van der Waals surface area contributed by atoms with Crippen LogP contribution in [0, 0.1) is 0 Å². The molecule has 2 N–H and O–H groups in total. The molecule has 0 radical (unpaired) electrons. The van der Waals surface area contributed by atoms with Crippen LogP contribution in [-0.4, -0.2) is 34.6 Å². The normalized spacial score (nSPS) is 10.5. The number of H-pyrrole nitrogens is 1. The molecule has 0 saturated carbocycles. The van der Waals surface area contributed by atoms with Crippen molar-refractivity contribution in [3.8, 4) is 0 Å². The number of aliphatic carboxylic acids is 1. The van der Waals surface area contributed by atoms with Crippen molar-refractivity contribution in [3.63, 3.8) is 0 Å². The van der Waals surface area contributed by atoms with Gasteiger partial charge in [0.15, 0.2) is 0 Å². The number of likely N-dealkylation sites (N-methyl/N-ethyl adjacent to an activating group) is 1. The van der Waals surface area contributed by atoms with Crippen molar-refractivity contribution in [3.05, 3.63) is 24.0 Å². The van der Waals surface area contributed by atoms with Crippen LogP contribution in [-0.2, 0) is 11.3 Å². The van der Waals surface area contributed by atoms with Gasteiger partial charge < -0.3 is 10.1 Å². The summed E-state index contributed by atoms with van der Waals surface area (Å²) in [5, 5.41) is 8.46. The van der Waals surface area contributed by atoms with Crippen molar-refractivity contribution in [1.82, 2.24) is 9.88 Å². The van der Waals surface area contributed by atoms with Crippen molar-refractivity contribution >= 4 is 5.97 Å². The summed E-state index contributed by atoms with van der Waals surface area (Å²) in [6.07, 6.45) is 3.68. The highest BCUT2D eigenvalue weighted by molar-refractivity contribution is 5.68. The van der Waals surface area contributed by atoms with E-state index in [2.05, 4.69) is 4.98 Å². The van der Waals surface area contributed by atoms with Crippen molar-refractivity contribution in [1.29, 1.82) is 0 Å². The minimum absolute atomic E-state index is 0.0746.